The minimum atomic E-state index is -0.0961. The molecule has 1 nitrogen and oxygen atoms in total. The molecule has 1 unspecified atom stereocenters. The zero-order valence-corrected chi connectivity index (χ0v) is 13.6. The molecule has 0 amide bonds. The Hall–Kier alpha value is -1.34. The van der Waals surface area contributed by atoms with Crippen molar-refractivity contribution in [2.45, 2.75) is 64.9 Å². The van der Waals surface area contributed by atoms with Crippen molar-refractivity contribution >= 4 is 10.8 Å². The Bertz CT molecular complexity index is 410. The highest BCUT2D eigenvalue weighted by molar-refractivity contribution is 5.81. The molecular weight excluding hydrogens is 256 g/mol. The summed E-state index contributed by atoms with van der Waals surface area (Å²) in [6, 6.07) is 16.7. The van der Waals surface area contributed by atoms with E-state index in [2.05, 4.69) is 55.5 Å². The lowest BCUT2D eigenvalue weighted by molar-refractivity contribution is 0.180. The number of rotatable bonds is 7. The Labute approximate surface area is 130 Å². The highest BCUT2D eigenvalue weighted by atomic mass is 16.3. The lowest BCUT2D eigenvalue weighted by atomic mass is 10.1. The summed E-state index contributed by atoms with van der Waals surface area (Å²) in [4.78, 5) is 0. The fraction of sp³-hybridized carbons (Fsp3) is 0.500. The third-order valence-corrected chi connectivity index (χ3v) is 3.63. The van der Waals surface area contributed by atoms with E-state index in [-0.39, 0.29) is 6.10 Å². The predicted molar refractivity (Wildman–Crippen MR) is 93.6 cm³/mol. The number of unbranched alkanes of at least 4 members (excludes halogenated alkanes) is 5. The van der Waals surface area contributed by atoms with Gasteiger partial charge in [0.1, 0.15) is 0 Å². The van der Waals surface area contributed by atoms with Crippen LogP contribution in [0, 0.1) is 0 Å². The molecule has 0 heterocycles. The predicted octanol–water partition coefficient (Wildman–Crippen LogP) is 5.96. The topological polar surface area (TPSA) is 20.2 Å². The number of hydrogen-bond donors (Lipinski definition) is 1. The number of fused-ring (bicyclic) bond motifs is 1. The summed E-state index contributed by atoms with van der Waals surface area (Å²) < 4.78 is 0. The summed E-state index contributed by atoms with van der Waals surface area (Å²) in [6.07, 6.45) is 8.78. The molecule has 0 radical (unpaired) electrons. The van der Waals surface area contributed by atoms with Crippen LogP contribution in [0.3, 0.4) is 0 Å². The Morgan fingerprint density at radius 3 is 1.62 bits per heavy atom. The largest absolute Gasteiger partial charge is 0.393 e. The second-order valence-corrected chi connectivity index (χ2v) is 5.75. The first-order valence-corrected chi connectivity index (χ1v) is 8.36. The summed E-state index contributed by atoms with van der Waals surface area (Å²) in [5, 5.41) is 11.6. The molecule has 0 aliphatic carbocycles. The average Bonchev–Trinajstić information content (AvgIpc) is 2.51. The number of aliphatic hydroxyl groups excluding tert-OH is 1. The van der Waals surface area contributed by atoms with E-state index < -0.39 is 0 Å². The fourth-order valence-corrected chi connectivity index (χ4v) is 2.35. The lowest BCUT2D eigenvalue weighted by Crippen LogP contribution is -1.98. The summed E-state index contributed by atoms with van der Waals surface area (Å²) in [6.45, 7) is 4.10. The number of hydrogen-bond acceptors (Lipinski definition) is 1. The standard InChI is InChI=1S/C10H22O.C10H8/c1-3-4-5-6-7-8-9-10(2)11;1-2-6-10-8-4-3-7-9(10)5-1/h10-11H,3-9H2,1-2H3;1-8H. The summed E-state index contributed by atoms with van der Waals surface area (Å²) >= 11 is 0. The third-order valence-electron chi connectivity index (χ3n) is 3.63. The van der Waals surface area contributed by atoms with Gasteiger partial charge in [-0.15, -0.1) is 0 Å². The molecule has 0 aliphatic rings. The molecule has 1 atom stereocenters. The molecule has 2 rings (SSSR count). The zero-order chi connectivity index (χ0) is 15.3. The Morgan fingerprint density at radius 1 is 0.762 bits per heavy atom. The van der Waals surface area contributed by atoms with Gasteiger partial charge in [0, 0.05) is 0 Å². The smallest absolute Gasteiger partial charge is 0.0512 e. The van der Waals surface area contributed by atoms with Gasteiger partial charge in [-0.2, -0.15) is 0 Å². The second-order valence-electron chi connectivity index (χ2n) is 5.75. The van der Waals surface area contributed by atoms with E-state index in [9.17, 15) is 0 Å². The van der Waals surface area contributed by atoms with E-state index in [1.165, 1.54) is 49.3 Å². The van der Waals surface area contributed by atoms with Crippen LogP contribution in [-0.4, -0.2) is 11.2 Å². The Balaban J connectivity index is 0.000000210. The van der Waals surface area contributed by atoms with Crippen LogP contribution < -0.4 is 0 Å². The summed E-state index contributed by atoms with van der Waals surface area (Å²) in [5.41, 5.74) is 0. The van der Waals surface area contributed by atoms with Crippen LogP contribution in [0.15, 0.2) is 48.5 Å². The van der Waals surface area contributed by atoms with Gasteiger partial charge in [-0.3, -0.25) is 0 Å². The van der Waals surface area contributed by atoms with E-state index >= 15 is 0 Å². The summed E-state index contributed by atoms with van der Waals surface area (Å²) in [7, 11) is 0. The molecule has 1 N–H and O–H groups in total. The molecule has 2 aromatic carbocycles. The van der Waals surface area contributed by atoms with Crippen LogP contribution in [0.5, 0.6) is 0 Å². The minimum Gasteiger partial charge on any atom is -0.393 e. The molecule has 21 heavy (non-hydrogen) atoms. The molecule has 2 aromatic rings. The van der Waals surface area contributed by atoms with E-state index in [1.54, 1.807) is 0 Å². The van der Waals surface area contributed by atoms with Gasteiger partial charge in [0.25, 0.3) is 0 Å². The molecule has 1 heteroatoms. The van der Waals surface area contributed by atoms with Crippen molar-refractivity contribution in [3.63, 3.8) is 0 Å². The van der Waals surface area contributed by atoms with Crippen LogP contribution in [-0.2, 0) is 0 Å². The van der Waals surface area contributed by atoms with Crippen LogP contribution in [0.2, 0.25) is 0 Å². The Kier molecular flexibility index (Phi) is 9.56. The van der Waals surface area contributed by atoms with Crippen molar-refractivity contribution in [1.82, 2.24) is 0 Å². The first-order chi connectivity index (χ1) is 10.2. The maximum absolute atomic E-state index is 8.96. The highest BCUT2D eigenvalue weighted by Crippen LogP contribution is 2.11. The first-order valence-electron chi connectivity index (χ1n) is 8.36. The molecule has 0 saturated heterocycles. The van der Waals surface area contributed by atoms with Gasteiger partial charge in [-0.1, -0.05) is 94.0 Å². The molecule has 0 aromatic heterocycles. The minimum absolute atomic E-state index is 0.0961. The van der Waals surface area contributed by atoms with Crippen LogP contribution in [0.4, 0.5) is 0 Å². The monoisotopic (exact) mass is 286 g/mol. The van der Waals surface area contributed by atoms with Crippen molar-refractivity contribution in [3.05, 3.63) is 48.5 Å². The van der Waals surface area contributed by atoms with Gasteiger partial charge in [-0.05, 0) is 24.1 Å². The van der Waals surface area contributed by atoms with Gasteiger partial charge in [0.15, 0.2) is 0 Å². The molecular formula is C20H30O. The molecule has 0 fully saturated rings. The fourth-order valence-electron chi connectivity index (χ4n) is 2.35. The van der Waals surface area contributed by atoms with Crippen molar-refractivity contribution in [1.29, 1.82) is 0 Å². The van der Waals surface area contributed by atoms with Gasteiger partial charge >= 0.3 is 0 Å². The van der Waals surface area contributed by atoms with Gasteiger partial charge < -0.3 is 5.11 Å². The third kappa shape index (κ3) is 8.52. The van der Waals surface area contributed by atoms with Gasteiger partial charge in [0.05, 0.1) is 6.10 Å². The van der Waals surface area contributed by atoms with E-state index in [0.717, 1.165) is 6.42 Å². The van der Waals surface area contributed by atoms with Crippen LogP contribution in [0.1, 0.15) is 58.8 Å². The Morgan fingerprint density at radius 2 is 1.19 bits per heavy atom. The SMILES string of the molecule is CCCCCCCCC(C)O.c1ccc2ccccc2c1. The van der Waals surface area contributed by atoms with E-state index in [0.29, 0.717) is 0 Å². The van der Waals surface area contributed by atoms with E-state index in [4.69, 9.17) is 5.11 Å². The number of benzene rings is 2. The van der Waals surface area contributed by atoms with Crippen molar-refractivity contribution in [2.75, 3.05) is 0 Å². The maximum atomic E-state index is 8.96. The molecule has 0 bridgehead atoms. The van der Waals surface area contributed by atoms with Crippen molar-refractivity contribution in [2.24, 2.45) is 0 Å². The number of aliphatic hydroxyl groups is 1. The zero-order valence-electron chi connectivity index (χ0n) is 13.6. The summed E-state index contributed by atoms with van der Waals surface area (Å²) in [5.74, 6) is 0. The molecule has 0 spiro atoms. The quantitative estimate of drug-likeness (QED) is 0.623. The maximum Gasteiger partial charge on any atom is 0.0512 e. The van der Waals surface area contributed by atoms with E-state index in [1.807, 2.05) is 6.92 Å². The molecule has 116 valence electrons. The molecule has 0 aliphatic heterocycles. The highest BCUT2D eigenvalue weighted by Gasteiger charge is 1.94. The lowest BCUT2D eigenvalue weighted by Gasteiger charge is -2.02. The molecule has 0 saturated carbocycles. The average molecular weight is 286 g/mol. The van der Waals surface area contributed by atoms with Crippen molar-refractivity contribution < 1.29 is 5.11 Å². The van der Waals surface area contributed by atoms with Gasteiger partial charge in [-0.25, -0.2) is 0 Å². The second kappa shape index (κ2) is 11.3. The van der Waals surface area contributed by atoms with Crippen LogP contribution >= 0.6 is 0 Å². The van der Waals surface area contributed by atoms with Gasteiger partial charge in [0.2, 0.25) is 0 Å². The van der Waals surface area contributed by atoms with Crippen molar-refractivity contribution in [3.8, 4) is 0 Å². The normalized spacial score (nSPS) is 11.8. The first kappa shape index (κ1) is 17.7. The van der Waals surface area contributed by atoms with Crippen LogP contribution in [0.25, 0.3) is 10.8 Å².